The molecule has 1 rings (SSSR count). The van der Waals surface area contributed by atoms with Crippen LogP contribution in [-0.2, 0) is 9.53 Å². The lowest BCUT2D eigenvalue weighted by molar-refractivity contribution is -0.132. The van der Waals surface area contributed by atoms with E-state index in [4.69, 9.17) is 10.5 Å². The summed E-state index contributed by atoms with van der Waals surface area (Å²) >= 11 is 0. The molecule has 0 saturated carbocycles. The molecule has 17 heavy (non-hydrogen) atoms. The van der Waals surface area contributed by atoms with Gasteiger partial charge in [0.15, 0.2) is 0 Å². The minimum Gasteiger partial charge on any atom is -0.364 e. The highest BCUT2D eigenvalue weighted by molar-refractivity contribution is 5.81. The van der Waals surface area contributed by atoms with Crippen LogP contribution in [0.4, 0.5) is 0 Å². The van der Waals surface area contributed by atoms with Crippen LogP contribution in [0.1, 0.15) is 40.5 Å². The number of hydrogen-bond donors (Lipinski definition) is 2. The molecule has 1 amide bonds. The third-order valence-corrected chi connectivity index (χ3v) is 3.94. The van der Waals surface area contributed by atoms with E-state index < -0.39 is 0 Å². The van der Waals surface area contributed by atoms with E-state index >= 15 is 0 Å². The average molecular weight is 242 g/mol. The number of amides is 1. The predicted octanol–water partition coefficient (Wildman–Crippen LogP) is 1.29. The van der Waals surface area contributed by atoms with Crippen LogP contribution < -0.4 is 11.1 Å². The Hall–Kier alpha value is -0.610. The van der Waals surface area contributed by atoms with Crippen LogP contribution in [0.25, 0.3) is 0 Å². The van der Waals surface area contributed by atoms with E-state index in [1.165, 1.54) is 0 Å². The molecule has 0 aliphatic carbocycles. The molecule has 4 heteroatoms. The first kappa shape index (κ1) is 14.5. The van der Waals surface area contributed by atoms with Gasteiger partial charge in [0.25, 0.3) is 0 Å². The molecule has 0 aromatic rings. The van der Waals surface area contributed by atoms with Crippen molar-refractivity contribution in [3.8, 4) is 0 Å². The summed E-state index contributed by atoms with van der Waals surface area (Å²) < 4.78 is 5.56. The fourth-order valence-electron chi connectivity index (χ4n) is 1.70. The first-order valence-electron chi connectivity index (χ1n) is 6.50. The molecule has 1 fully saturated rings. The molecule has 1 heterocycles. The maximum atomic E-state index is 11.9. The summed E-state index contributed by atoms with van der Waals surface area (Å²) in [7, 11) is 0. The lowest BCUT2D eigenvalue weighted by atomic mass is 9.81. The molecule has 2 atom stereocenters. The summed E-state index contributed by atoms with van der Waals surface area (Å²) in [5.74, 6) is 0.541. The number of ether oxygens (including phenoxy) is 1. The smallest absolute Gasteiger partial charge is 0.249 e. The van der Waals surface area contributed by atoms with E-state index in [1.54, 1.807) is 0 Å². The van der Waals surface area contributed by atoms with Crippen molar-refractivity contribution >= 4 is 5.91 Å². The summed E-state index contributed by atoms with van der Waals surface area (Å²) in [5, 5.41) is 2.99. The van der Waals surface area contributed by atoms with Crippen LogP contribution in [0.5, 0.6) is 0 Å². The predicted molar refractivity (Wildman–Crippen MR) is 68.6 cm³/mol. The summed E-state index contributed by atoms with van der Waals surface area (Å²) in [6.45, 7) is 9.86. The SMILES string of the molecule is CC(C)C(C)(C)CNC(=O)C1CCC(CN)O1. The Morgan fingerprint density at radius 3 is 2.59 bits per heavy atom. The van der Waals surface area contributed by atoms with Gasteiger partial charge in [-0.3, -0.25) is 4.79 Å². The second-order valence-corrected chi connectivity index (χ2v) is 5.92. The molecule has 0 spiro atoms. The quantitative estimate of drug-likeness (QED) is 0.763. The Balaban J connectivity index is 2.36. The highest BCUT2D eigenvalue weighted by Crippen LogP contribution is 2.25. The molecule has 1 aliphatic rings. The second kappa shape index (κ2) is 5.83. The van der Waals surface area contributed by atoms with Crippen molar-refractivity contribution in [2.45, 2.75) is 52.7 Å². The Morgan fingerprint density at radius 1 is 1.47 bits per heavy atom. The minimum absolute atomic E-state index is 0.00896. The maximum absolute atomic E-state index is 11.9. The molecule has 2 unspecified atom stereocenters. The van der Waals surface area contributed by atoms with Gasteiger partial charge in [0.1, 0.15) is 6.10 Å². The van der Waals surface area contributed by atoms with Crippen molar-refractivity contribution in [2.75, 3.05) is 13.1 Å². The third kappa shape index (κ3) is 3.96. The number of carbonyl (C=O) groups excluding carboxylic acids is 1. The fourth-order valence-corrected chi connectivity index (χ4v) is 1.70. The Bertz CT molecular complexity index is 264. The monoisotopic (exact) mass is 242 g/mol. The van der Waals surface area contributed by atoms with Crippen LogP contribution in [0, 0.1) is 11.3 Å². The molecular formula is C13H26N2O2. The number of nitrogens with one attached hydrogen (secondary N) is 1. The molecular weight excluding hydrogens is 216 g/mol. The highest BCUT2D eigenvalue weighted by Gasteiger charge is 2.31. The molecule has 0 aromatic heterocycles. The summed E-state index contributed by atoms with van der Waals surface area (Å²) in [5.41, 5.74) is 5.64. The largest absolute Gasteiger partial charge is 0.364 e. The van der Waals surface area contributed by atoms with Gasteiger partial charge in [-0.25, -0.2) is 0 Å². The normalized spacial score (nSPS) is 25.3. The van der Waals surface area contributed by atoms with Crippen LogP contribution in [0.3, 0.4) is 0 Å². The van der Waals surface area contributed by atoms with Gasteiger partial charge < -0.3 is 15.8 Å². The third-order valence-electron chi connectivity index (χ3n) is 3.94. The van der Waals surface area contributed by atoms with Gasteiger partial charge in [-0.05, 0) is 24.2 Å². The van der Waals surface area contributed by atoms with Crippen molar-refractivity contribution in [3.05, 3.63) is 0 Å². The molecule has 100 valence electrons. The van der Waals surface area contributed by atoms with Crippen molar-refractivity contribution in [1.29, 1.82) is 0 Å². The number of nitrogens with two attached hydrogens (primary N) is 1. The van der Waals surface area contributed by atoms with Crippen molar-refractivity contribution in [3.63, 3.8) is 0 Å². The summed E-state index contributed by atoms with van der Waals surface area (Å²) in [6.07, 6.45) is 1.44. The molecule has 1 saturated heterocycles. The van der Waals surface area contributed by atoms with E-state index in [9.17, 15) is 4.79 Å². The van der Waals surface area contributed by atoms with E-state index in [0.29, 0.717) is 19.0 Å². The van der Waals surface area contributed by atoms with Crippen LogP contribution in [-0.4, -0.2) is 31.2 Å². The van der Waals surface area contributed by atoms with Gasteiger partial charge in [0, 0.05) is 13.1 Å². The highest BCUT2D eigenvalue weighted by atomic mass is 16.5. The zero-order chi connectivity index (χ0) is 13.1. The summed E-state index contributed by atoms with van der Waals surface area (Å²) in [6, 6.07) is 0. The van der Waals surface area contributed by atoms with Gasteiger partial charge in [-0.1, -0.05) is 27.7 Å². The van der Waals surface area contributed by atoms with E-state index in [2.05, 4.69) is 33.0 Å². The van der Waals surface area contributed by atoms with Gasteiger partial charge >= 0.3 is 0 Å². The second-order valence-electron chi connectivity index (χ2n) is 5.92. The van der Waals surface area contributed by atoms with Crippen molar-refractivity contribution < 1.29 is 9.53 Å². The zero-order valence-electron chi connectivity index (χ0n) is 11.5. The van der Waals surface area contributed by atoms with E-state index in [0.717, 1.165) is 12.8 Å². The fraction of sp³-hybridized carbons (Fsp3) is 0.923. The topological polar surface area (TPSA) is 64.4 Å². The molecule has 0 bridgehead atoms. The number of carbonyl (C=O) groups is 1. The number of rotatable bonds is 5. The molecule has 0 radical (unpaired) electrons. The van der Waals surface area contributed by atoms with Crippen LogP contribution in [0.15, 0.2) is 0 Å². The molecule has 1 aliphatic heterocycles. The first-order chi connectivity index (χ1) is 7.86. The standard InChI is InChI=1S/C13H26N2O2/c1-9(2)13(3,4)8-15-12(16)11-6-5-10(7-14)17-11/h9-11H,5-8,14H2,1-4H3,(H,15,16). The van der Waals surface area contributed by atoms with Gasteiger partial charge in [0.05, 0.1) is 6.10 Å². The van der Waals surface area contributed by atoms with Crippen LogP contribution in [0.2, 0.25) is 0 Å². The van der Waals surface area contributed by atoms with Gasteiger partial charge in [-0.15, -0.1) is 0 Å². The van der Waals surface area contributed by atoms with Crippen molar-refractivity contribution in [2.24, 2.45) is 17.1 Å². The van der Waals surface area contributed by atoms with E-state index in [-0.39, 0.29) is 23.5 Å². The summed E-state index contributed by atoms with van der Waals surface area (Å²) in [4.78, 5) is 11.9. The van der Waals surface area contributed by atoms with Crippen molar-refractivity contribution in [1.82, 2.24) is 5.32 Å². The Labute approximate surface area is 104 Å². The number of hydrogen-bond acceptors (Lipinski definition) is 3. The molecule has 3 N–H and O–H groups in total. The average Bonchev–Trinajstić information content (AvgIpc) is 2.74. The Kier molecular flexibility index (Phi) is 4.95. The van der Waals surface area contributed by atoms with Crippen LogP contribution >= 0.6 is 0 Å². The first-order valence-corrected chi connectivity index (χ1v) is 6.50. The molecule has 4 nitrogen and oxygen atoms in total. The lowest BCUT2D eigenvalue weighted by Crippen LogP contribution is -2.42. The zero-order valence-corrected chi connectivity index (χ0v) is 11.5. The van der Waals surface area contributed by atoms with Gasteiger partial charge in [0.2, 0.25) is 5.91 Å². The molecule has 0 aromatic carbocycles. The lowest BCUT2D eigenvalue weighted by Gasteiger charge is -2.29. The minimum atomic E-state index is -0.300. The maximum Gasteiger partial charge on any atom is 0.249 e. The Morgan fingerprint density at radius 2 is 2.12 bits per heavy atom. The van der Waals surface area contributed by atoms with E-state index in [1.807, 2.05) is 0 Å². The van der Waals surface area contributed by atoms with Gasteiger partial charge in [-0.2, -0.15) is 0 Å².